The molecule has 0 atom stereocenters. The van der Waals surface area contributed by atoms with Gasteiger partial charge in [-0.3, -0.25) is 0 Å². The number of anilines is 3. The lowest BCUT2D eigenvalue weighted by molar-refractivity contribution is 0.589. The molecule has 4 heteroatoms. The van der Waals surface area contributed by atoms with E-state index < -0.39 is 0 Å². The third-order valence-corrected chi connectivity index (χ3v) is 13.9. The average molecular weight is 791 g/mol. The van der Waals surface area contributed by atoms with E-state index in [1.165, 1.54) is 104 Å². The highest BCUT2D eigenvalue weighted by atomic mass is 32.2. The van der Waals surface area contributed by atoms with E-state index >= 15 is 0 Å². The van der Waals surface area contributed by atoms with Crippen molar-refractivity contribution in [1.29, 1.82) is 0 Å². The van der Waals surface area contributed by atoms with E-state index in [1.807, 2.05) is 11.8 Å². The molecule has 2 aliphatic rings. The summed E-state index contributed by atoms with van der Waals surface area (Å²) >= 11 is 1.95. The summed E-state index contributed by atoms with van der Waals surface area (Å²) in [6, 6.07) is 66.2. The largest absolute Gasteiger partial charge is 0.311 e. The van der Waals surface area contributed by atoms with Crippen molar-refractivity contribution in [2.24, 2.45) is 0 Å². The second kappa shape index (κ2) is 14.5. The van der Waals surface area contributed by atoms with E-state index in [0.29, 0.717) is 0 Å². The van der Waals surface area contributed by atoms with E-state index in [0.717, 1.165) is 19.3 Å². The number of aryl methyl sites for hydroxylation is 1. The van der Waals surface area contributed by atoms with Gasteiger partial charge in [-0.15, -0.1) is 0 Å². The van der Waals surface area contributed by atoms with Gasteiger partial charge in [0.1, 0.15) is 0 Å². The molecular formula is C56H47BN2S. The van der Waals surface area contributed by atoms with Gasteiger partial charge >= 0.3 is 0 Å². The van der Waals surface area contributed by atoms with Crippen molar-refractivity contribution in [2.75, 3.05) is 4.90 Å². The Kier molecular flexibility index (Phi) is 8.90. The van der Waals surface area contributed by atoms with Crippen LogP contribution in [0.3, 0.4) is 0 Å². The minimum atomic E-state index is -0.0558. The summed E-state index contributed by atoms with van der Waals surface area (Å²) in [5, 5.41) is 2.57. The fourth-order valence-electron chi connectivity index (χ4n) is 9.84. The Morgan fingerprint density at radius 3 is 1.93 bits per heavy atom. The van der Waals surface area contributed by atoms with Crippen molar-refractivity contribution < 1.29 is 0 Å². The van der Waals surface area contributed by atoms with E-state index in [2.05, 4.69) is 213 Å². The lowest BCUT2D eigenvalue weighted by Crippen LogP contribution is -2.60. The monoisotopic (exact) mass is 790 g/mol. The highest BCUT2D eigenvalue weighted by Crippen LogP contribution is 2.48. The molecule has 0 fully saturated rings. The van der Waals surface area contributed by atoms with Crippen LogP contribution >= 0.6 is 11.8 Å². The van der Waals surface area contributed by atoms with Crippen LogP contribution in [-0.4, -0.2) is 11.3 Å². The minimum absolute atomic E-state index is 0.0558. The maximum absolute atomic E-state index is 2.67. The average Bonchev–Trinajstić information content (AvgIpc) is 3.62. The Hall–Kier alpha value is -6.23. The van der Waals surface area contributed by atoms with Crippen molar-refractivity contribution in [2.45, 2.75) is 62.2 Å². The Morgan fingerprint density at radius 1 is 0.550 bits per heavy atom. The number of benzene rings is 8. The number of aromatic nitrogens is 1. The van der Waals surface area contributed by atoms with Crippen LogP contribution in [0.2, 0.25) is 0 Å². The van der Waals surface area contributed by atoms with E-state index in [4.69, 9.17) is 0 Å². The van der Waals surface area contributed by atoms with Crippen LogP contribution in [0.15, 0.2) is 186 Å². The first kappa shape index (κ1) is 36.8. The first-order chi connectivity index (χ1) is 29.4. The Balaban J connectivity index is 1.20. The summed E-state index contributed by atoms with van der Waals surface area (Å²) in [6.07, 6.45) is 3.31. The predicted octanol–water partition coefficient (Wildman–Crippen LogP) is 13.5. The number of hydrogen-bond acceptors (Lipinski definition) is 2. The minimum Gasteiger partial charge on any atom is -0.311 e. The molecule has 1 aromatic heterocycles. The summed E-state index contributed by atoms with van der Waals surface area (Å²) in [4.78, 5) is 5.34. The molecular weight excluding hydrogens is 744 g/mol. The highest BCUT2D eigenvalue weighted by Gasteiger charge is 2.43. The number of rotatable bonds is 7. The molecule has 0 unspecified atom stereocenters. The molecule has 3 heterocycles. The second-order valence-corrected chi connectivity index (χ2v) is 18.6. The molecule has 0 saturated heterocycles. The molecule has 0 spiro atoms. The normalized spacial score (nSPS) is 13.1. The fourth-order valence-corrected chi connectivity index (χ4v) is 11.1. The van der Waals surface area contributed by atoms with Gasteiger partial charge in [0.15, 0.2) is 0 Å². The predicted molar refractivity (Wildman–Crippen MR) is 259 cm³/mol. The first-order valence-corrected chi connectivity index (χ1v) is 22.3. The van der Waals surface area contributed by atoms with Crippen molar-refractivity contribution in [1.82, 2.24) is 4.57 Å². The van der Waals surface area contributed by atoms with Crippen molar-refractivity contribution in [3.8, 4) is 27.9 Å². The molecule has 0 amide bonds. The van der Waals surface area contributed by atoms with Gasteiger partial charge in [-0.25, -0.2) is 0 Å². The van der Waals surface area contributed by atoms with Crippen LogP contribution in [0.1, 0.15) is 51.7 Å². The van der Waals surface area contributed by atoms with Gasteiger partial charge in [-0.1, -0.05) is 185 Å². The van der Waals surface area contributed by atoms with Crippen LogP contribution < -0.4 is 21.3 Å². The molecule has 11 rings (SSSR count). The Morgan fingerprint density at radius 2 is 1.23 bits per heavy atom. The smallest absolute Gasteiger partial charge is 0.249 e. The molecule has 0 saturated carbocycles. The molecule has 60 heavy (non-hydrogen) atoms. The number of hydrogen-bond donors (Lipinski definition) is 0. The lowest BCUT2D eigenvalue weighted by atomic mass is 9.34. The topological polar surface area (TPSA) is 8.17 Å². The Bertz CT molecular complexity index is 3050. The zero-order chi connectivity index (χ0) is 40.5. The van der Waals surface area contributed by atoms with Gasteiger partial charge in [0, 0.05) is 43.2 Å². The SMILES string of the molecule is CCCCc1cccc(-c2ccccc2)c1N1c2ccc(-c3ccccc3)cc2B2c3ccc(-n4c5ccccc5c5ccccc54)cc3Sc3cc(C(C)(C)C)cc1c32. The summed E-state index contributed by atoms with van der Waals surface area (Å²) in [5.74, 6) is 0. The molecule has 0 N–H and O–H groups in total. The molecule has 8 aromatic carbocycles. The summed E-state index contributed by atoms with van der Waals surface area (Å²) in [7, 11) is 0. The summed E-state index contributed by atoms with van der Waals surface area (Å²) < 4.78 is 2.46. The third-order valence-electron chi connectivity index (χ3n) is 12.8. The third kappa shape index (κ3) is 5.95. The van der Waals surface area contributed by atoms with Crippen LogP contribution in [0.4, 0.5) is 17.1 Å². The quantitative estimate of drug-likeness (QED) is 0.149. The van der Waals surface area contributed by atoms with E-state index in [9.17, 15) is 0 Å². The van der Waals surface area contributed by atoms with Crippen molar-refractivity contribution in [3.63, 3.8) is 0 Å². The van der Waals surface area contributed by atoms with Crippen LogP contribution in [0.5, 0.6) is 0 Å². The molecule has 2 nitrogen and oxygen atoms in total. The van der Waals surface area contributed by atoms with Gasteiger partial charge in [0.05, 0.1) is 16.7 Å². The standard InChI is InChI=1S/C56H47BN2S/c1-5-6-18-39-23-17-26-43(38-21-11-8-12-22-38)55(39)59-50-32-29-40(37-19-9-7-10-20-37)33-47(50)57-46-31-30-42(58-48-27-15-13-24-44(48)45-25-14-16-28-49(45)58)36-52(46)60-53-35-41(56(2,3)4)34-51(59)54(53)57/h7-17,19-36H,5-6,18H2,1-4H3. The molecule has 0 aliphatic carbocycles. The molecule has 9 aromatic rings. The van der Waals surface area contributed by atoms with Crippen LogP contribution in [0.25, 0.3) is 49.7 Å². The van der Waals surface area contributed by atoms with Gasteiger partial charge in [0.2, 0.25) is 6.71 Å². The molecule has 0 bridgehead atoms. The number of nitrogens with zero attached hydrogens (tertiary/aromatic N) is 2. The zero-order valence-corrected chi connectivity index (χ0v) is 35.6. The van der Waals surface area contributed by atoms with Crippen LogP contribution in [0, 0.1) is 0 Å². The maximum atomic E-state index is 2.67. The Labute approximate surface area is 358 Å². The van der Waals surface area contributed by atoms with Gasteiger partial charge in [0.25, 0.3) is 0 Å². The second-order valence-electron chi connectivity index (χ2n) is 17.5. The fraction of sp³-hybridized carbons (Fsp3) is 0.143. The zero-order valence-electron chi connectivity index (χ0n) is 34.7. The molecule has 2 aliphatic heterocycles. The summed E-state index contributed by atoms with van der Waals surface area (Å²) in [5.41, 5.74) is 19.3. The maximum Gasteiger partial charge on any atom is 0.249 e. The first-order valence-electron chi connectivity index (χ1n) is 21.5. The van der Waals surface area contributed by atoms with E-state index in [1.54, 1.807) is 0 Å². The molecule has 290 valence electrons. The highest BCUT2D eigenvalue weighted by molar-refractivity contribution is 8.00. The van der Waals surface area contributed by atoms with Gasteiger partial charge < -0.3 is 9.47 Å². The number of para-hydroxylation sites is 3. The van der Waals surface area contributed by atoms with Crippen molar-refractivity contribution in [3.05, 3.63) is 187 Å². The molecule has 0 radical (unpaired) electrons. The number of fused-ring (bicyclic) bond motifs is 7. The van der Waals surface area contributed by atoms with Crippen LogP contribution in [-0.2, 0) is 11.8 Å². The van der Waals surface area contributed by atoms with Crippen molar-refractivity contribution >= 4 is 73.7 Å². The summed E-state index contributed by atoms with van der Waals surface area (Å²) in [6.45, 7) is 9.44. The van der Waals surface area contributed by atoms with E-state index in [-0.39, 0.29) is 12.1 Å². The number of unbranched alkanes of at least 4 members (excludes halogenated alkanes) is 1. The van der Waals surface area contributed by atoms with Gasteiger partial charge in [-0.05, 0) is 99.5 Å². The van der Waals surface area contributed by atoms with Gasteiger partial charge in [-0.2, -0.15) is 0 Å². The lowest BCUT2D eigenvalue weighted by Gasteiger charge is -2.42.